The summed E-state index contributed by atoms with van der Waals surface area (Å²) in [6.45, 7) is 1.43. The topological polar surface area (TPSA) is 613 Å². The van der Waals surface area contributed by atoms with Gasteiger partial charge in [0.1, 0.15) is 0 Å². The van der Waals surface area contributed by atoms with Gasteiger partial charge >= 0.3 is 65.3 Å². The number of amides is 16. The number of imide groups is 4. The van der Waals surface area contributed by atoms with Crippen LogP contribution in [0.25, 0.3) is 0 Å². The van der Waals surface area contributed by atoms with Crippen LogP contribution in [0.15, 0.2) is 0 Å². The molecule has 0 saturated carbocycles. The van der Waals surface area contributed by atoms with E-state index in [1.165, 1.54) is 35.4 Å². The molecule has 28 N–H and O–H groups in total. The zero-order valence-electron chi connectivity index (χ0n) is 30.4. The first-order chi connectivity index (χ1) is 24.3. The maximum Gasteiger partial charge on any atom is 2.00 e. The average molecular weight is 1000 g/mol. The van der Waals surface area contributed by atoms with E-state index in [-0.39, 0.29) is 75.1 Å². The van der Waals surface area contributed by atoms with E-state index in [1.807, 2.05) is 0 Å². The van der Waals surface area contributed by atoms with Crippen molar-refractivity contribution >= 4 is 72.3 Å². The fourth-order valence-corrected chi connectivity index (χ4v) is 0.896. The normalized spacial score (nSPS) is 6.57. The molecule has 0 atom stereocenters. The number of nitriles is 1. The number of carbonyl (C=O) groups excluding carboxylic acids is 8. The fourth-order valence-electron chi connectivity index (χ4n) is 0.896. The number of primary amides is 8. The molecule has 1 radical (unpaired) electrons. The summed E-state index contributed by atoms with van der Waals surface area (Å²) in [5, 5.41) is 59.3. The second kappa shape index (κ2) is 66.6. The molecule has 333 valence electrons. The first-order valence-corrected chi connectivity index (χ1v) is 12.0. The van der Waals surface area contributed by atoms with Gasteiger partial charge in [0.15, 0.2) is 0 Å². The minimum atomic E-state index is -0.938. The van der Waals surface area contributed by atoms with Gasteiger partial charge in [0.25, 0.3) is 24.1 Å². The molecule has 33 nitrogen and oxygen atoms in total. The Morgan fingerprint density at radius 1 is 0.429 bits per heavy atom. The molecule has 0 heterocycles. The van der Waals surface area contributed by atoms with Crippen molar-refractivity contribution < 1.29 is 119 Å². The Morgan fingerprint density at radius 2 is 0.518 bits per heavy atom. The van der Waals surface area contributed by atoms with E-state index in [4.69, 9.17) is 37.1 Å². The molecule has 0 spiro atoms. The molecule has 0 saturated heterocycles. The van der Waals surface area contributed by atoms with Crippen molar-refractivity contribution in [3.63, 3.8) is 0 Å². The zero-order chi connectivity index (χ0) is 44.7. The summed E-state index contributed by atoms with van der Waals surface area (Å²) in [6, 6.07) is -6.58. The number of nitrogens with one attached hydrogen (secondary N) is 10. The molecule has 0 aliphatic carbocycles. The Morgan fingerprint density at radius 3 is 0.554 bits per heavy atom. The standard InChI is InChI=1S/2C4H9N3O2.4C2H5N3O2.C2H3N.2CH4O.2BrH.Cu/c2*1-8-3(5)7-4(6)9-2;4*3-1(6)5-2(4)7;1-2-3;2*1-2;;;/h2*1-2H3,(H3,5,6,7);4*(H5,3,4,5,6,7);1H3;2*2H,1H3;2*1H;/q;;;;;;;;;;;+2/p-2. The van der Waals surface area contributed by atoms with E-state index in [0.717, 1.165) is 14.2 Å². The van der Waals surface area contributed by atoms with Crippen LogP contribution in [0.5, 0.6) is 0 Å². The maximum absolute atomic E-state index is 9.62. The molecular weight excluding hydrogens is 954 g/mol. The first kappa shape index (κ1) is 82.7. The van der Waals surface area contributed by atoms with Crippen LogP contribution < -0.4 is 112 Å². The molecule has 0 rings (SSSR count). The van der Waals surface area contributed by atoms with E-state index in [2.05, 4.69) is 75.5 Å². The third-order valence-electron chi connectivity index (χ3n) is 2.26. The molecule has 0 aromatic carbocycles. The van der Waals surface area contributed by atoms with Gasteiger partial charge in [-0.2, -0.15) is 5.26 Å². The van der Waals surface area contributed by atoms with Crippen LogP contribution in [0.4, 0.5) is 38.4 Å². The summed E-state index contributed by atoms with van der Waals surface area (Å²) < 4.78 is 17.5. The van der Waals surface area contributed by atoms with E-state index < -0.39 is 48.2 Å². The predicted octanol–water partition coefficient (Wildman–Crippen LogP) is -11.8. The maximum atomic E-state index is 9.62. The number of amidine groups is 4. The summed E-state index contributed by atoms with van der Waals surface area (Å²) in [4.78, 5) is 77.0. The minimum absolute atomic E-state index is 0. The number of methoxy groups -OCH3 is 4. The Balaban J connectivity index is -0.0000000398. The van der Waals surface area contributed by atoms with Gasteiger partial charge in [-0.25, -0.2) is 38.4 Å². The van der Waals surface area contributed by atoms with Gasteiger partial charge in [-0.3, -0.25) is 53.5 Å². The van der Waals surface area contributed by atoms with Crippen LogP contribution in [0.3, 0.4) is 0 Å². The summed E-state index contributed by atoms with van der Waals surface area (Å²) in [5.41, 5.74) is 35.5. The number of hydrogen-bond acceptors (Lipinski definition) is 19. The Kier molecular flexibility index (Phi) is 98.3. The molecule has 0 aromatic rings. The molecule has 36 heteroatoms. The number of ether oxygens (including phenoxy) is 4. The number of nitrogens with zero attached hydrogens (tertiary/aromatic N) is 1. The summed E-state index contributed by atoms with van der Waals surface area (Å²) in [6.07, 6.45) is 0. The smallest absolute Gasteiger partial charge is 1.00 e. The van der Waals surface area contributed by atoms with Gasteiger partial charge in [0.05, 0.1) is 34.5 Å². The summed E-state index contributed by atoms with van der Waals surface area (Å²) in [5.74, 6) is 0. The van der Waals surface area contributed by atoms with Crippen molar-refractivity contribution in [2.45, 2.75) is 6.92 Å². The number of aliphatic hydroxyl groups excluding tert-OH is 2. The van der Waals surface area contributed by atoms with Crippen LogP contribution in [-0.4, -0.2) is 125 Å². The SMILES string of the molecule is CC#N.CO.CO.COC(=N)NC(=N)OC.COC(=N)NC(=N)OC.NC(=O)NC(N)=O.NC(=O)NC(N)=O.NC(=O)NC(N)=O.NC(=O)NC(N)=O.[Br-].[Br-].[Cu+2]. The van der Waals surface area contributed by atoms with Gasteiger partial charge in [-0.05, 0) is 0 Å². The van der Waals surface area contributed by atoms with Crippen molar-refractivity contribution in [1.29, 1.82) is 26.9 Å². The number of hydrogen-bond donors (Lipinski definition) is 20. The number of nitrogens with two attached hydrogens (primary N) is 8. The molecule has 16 amide bonds. The monoisotopic (exact) mass is 1000 g/mol. The van der Waals surface area contributed by atoms with Crippen LogP contribution in [0.1, 0.15) is 6.92 Å². The Bertz CT molecular complexity index is 972. The molecule has 0 bridgehead atoms. The Hall–Kier alpha value is -6.67. The van der Waals surface area contributed by atoms with Gasteiger partial charge in [0.2, 0.25) is 0 Å². The molecule has 0 unspecified atom stereocenters. The van der Waals surface area contributed by atoms with Crippen LogP contribution in [0.2, 0.25) is 0 Å². The van der Waals surface area contributed by atoms with Crippen LogP contribution in [-0.2, 0) is 36.0 Å². The van der Waals surface area contributed by atoms with Gasteiger partial charge < -0.3 is 109 Å². The molecule has 0 aliphatic heterocycles. The third kappa shape index (κ3) is 158. The number of halogens is 2. The average Bonchev–Trinajstić information content (AvgIpc) is 3.02. The number of aliphatic hydroxyl groups is 2. The van der Waals surface area contributed by atoms with Gasteiger partial charge in [-0.1, -0.05) is 0 Å². The largest absolute Gasteiger partial charge is 2.00 e. The fraction of sp³-hybridized carbons (Fsp3) is 0.350. The molecule has 0 aromatic heterocycles. The quantitative estimate of drug-likeness (QED) is 0.0609. The summed E-state index contributed by atoms with van der Waals surface area (Å²) in [7, 11) is 7.33. The van der Waals surface area contributed by atoms with Gasteiger partial charge in [0, 0.05) is 21.1 Å². The van der Waals surface area contributed by atoms with E-state index >= 15 is 0 Å². The molecular formula is C20H49Br2CuN19O14. The van der Waals surface area contributed by atoms with Crippen molar-refractivity contribution in [3.8, 4) is 6.07 Å². The van der Waals surface area contributed by atoms with Crippen LogP contribution >= 0.6 is 0 Å². The van der Waals surface area contributed by atoms with E-state index in [1.54, 1.807) is 27.3 Å². The van der Waals surface area contributed by atoms with Crippen molar-refractivity contribution in [3.05, 3.63) is 0 Å². The minimum Gasteiger partial charge on any atom is -1.00 e. The van der Waals surface area contributed by atoms with Crippen LogP contribution in [0, 0.1) is 33.0 Å². The van der Waals surface area contributed by atoms with Crippen molar-refractivity contribution in [1.82, 2.24) is 31.9 Å². The molecule has 0 aliphatic rings. The molecule has 56 heavy (non-hydrogen) atoms. The number of carbonyl (C=O) groups is 8. The third-order valence-corrected chi connectivity index (χ3v) is 2.26. The Labute approximate surface area is 350 Å². The van der Waals surface area contributed by atoms with E-state index in [0.29, 0.717) is 0 Å². The van der Waals surface area contributed by atoms with Gasteiger partial charge in [-0.15, -0.1) is 0 Å². The zero-order valence-corrected chi connectivity index (χ0v) is 34.5. The van der Waals surface area contributed by atoms with Crippen molar-refractivity contribution in [2.75, 3.05) is 42.7 Å². The van der Waals surface area contributed by atoms with E-state index in [9.17, 15) is 38.4 Å². The van der Waals surface area contributed by atoms with Crippen molar-refractivity contribution in [2.24, 2.45) is 45.9 Å². The summed E-state index contributed by atoms with van der Waals surface area (Å²) >= 11 is 0. The molecule has 0 fully saturated rings. The predicted molar refractivity (Wildman–Crippen MR) is 182 cm³/mol. The first-order valence-electron chi connectivity index (χ1n) is 12.0. The number of urea groups is 8. The second-order valence-electron chi connectivity index (χ2n) is 6.02. The number of rotatable bonds is 0. The second-order valence-corrected chi connectivity index (χ2v) is 6.02.